The SMILES string of the molecule is CCOC(=O)CNC(C)c1cc(F)ccc1F. The summed E-state index contributed by atoms with van der Waals surface area (Å²) in [4.78, 5) is 11.1. The van der Waals surface area contributed by atoms with Crippen LogP contribution < -0.4 is 5.32 Å². The normalized spacial score (nSPS) is 12.2. The van der Waals surface area contributed by atoms with Crippen molar-refractivity contribution < 1.29 is 18.3 Å². The Morgan fingerprint density at radius 3 is 2.82 bits per heavy atom. The van der Waals surface area contributed by atoms with E-state index in [4.69, 9.17) is 4.74 Å². The molecule has 5 heteroatoms. The summed E-state index contributed by atoms with van der Waals surface area (Å²) >= 11 is 0. The highest BCUT2D eigenvalue weighted by Gasteiger charge is 2.13. The molecule has 0 aliphatic heterocycles. The average Bonchev–Trinajstić information content (AvgIpc) is 2.29. The number of hydrogen-bond acceptors (Lipinski definition) is 3. The van der Waals surface area contributed by atoms with Gasteiger partial charge in [0.2, 0.25) is 0 Å². The molecule has 0 fully saturated rings. The van der Waals surface area contributed by atoms with E-state index in [9.17, 15) is 13.6 Å². The standard InChI is InChI=1S/C12H15F2NO2/c1-3-17-12(16)7-15-8(2)10-6-9(13)4-5-11(10)14/h4-6,8,15H,3,7H2,1-2H3. The monoisotopic (exact) mass is 243 g/mol. The van der Waals surface area contributed by atoms with Crippen LogP contribution >= 0.6 is 0 Å². The minimum Gasteiger partial charge on any atom is -0.465 e. The average molecular weight is 243 g/mol. The molecule has 3 nitrogen and oxygen atoms in total. The number of hydrogen-bond donors (Lipinski definition) is 1. The summed E-state index contributed by atoms with van der Waals surface area (Å²) in [6, 6.07) is 2.76. The summed E-state index contributed by atoms with van der Waals surface area (Å²) in [7, 11) is 0. The molecule has 0 heterocycles. The first-order valence-corrected chi connectivity index (χ1v) is 5.38. The van der Waals surface area contributed by atoms with Gasteiger partial charge in [-0.05, 0) is 32.0 Å². The van der Waals surface area contributed by atoms with Crippen molar-refractivity contribution in [2.45, 2.75) is 19.9 Å². The van der Waals surface area contributed by atoms with Gasteiger partial charge in [-0.2, -0.15) is 0 Å². The van der Waals surface area contributed by atoms with Crippen LogP contribution in [0.4, 0.5) is 8.78 Å². The summed E-state index contributed by atoms with van der Waals surface area (Å²) in [6.45, 7) is 3.61. The van der Waals surface area contributed by atoms with Gasteiger partial charge in [0.15, 0.2) is 0 Å². The molecule has 1 aromatic rings. The molecule has 1 rings (SSSR count). The van der Waals surface area contributed by atoms with Crippen LogP contribution in [0.15, 0.2) is 18.2 Å². The number of benzene rings is 1. The highest BCUT2D eigenvalue weighted by atomic mass is 19.1. The van der Waals surface area contributed by atoms with Gasteiger partial charge in [0.05, 0.1) is 13.2 Å². The minimum atomic E-state index is -0.508. The van der Waals surface area contributed by atoms with E-state index >= 15 is 0 Å². The second kappa shape index (κ2) is 6.30. The van der Waals surface area contributed by atoms with Gasteiger partial charge in [0.25, 0.3) is 0 Å². The van der Waals surface area contributed by atoms with Gasteiger partial charge in [0.1, 0.15) is 11.6 Å². The molecule has 0 radical (unpaired) electrons. The molecule has 1 N–H and O–H groups in total. The Balaban J connectivity index is 2.60. The Labute approximate surface area is 98.8 Å². The molecule has 0 aromatic heterocycles. The maximum Gasteiger partial charge on any atom is 0.319 e. The zero-order chi connectivity index (χ0) is 12.8. The number of carbonyl (C=O) groups excluding carboxylic acids is 1. The lowest BCUT2D eigenvalue weighted by molar-refractivity contribution is -0.142. The van der Waals surface area contributed by atoms with E-state index in [1.165, 1.54) is 0 Å². The van der Waals surface area contributed by atoms with Crippen LogP contribution in [0.3, 0.4) is 0 Å². The smallest absolute Gasteiger partial charge is 0.319 e. The molecule has 0 amide bonds. The summed E-state index contributed by atoms with van der Waals surface area (Å²) < 4.78 is 31.0. The van der Waals surface area contributed by atoms with Gasteiger partial charge in [-0.25, -0.2) is 8.78 Å². The predicted octanol–water partition coefficient (Wildman–Crippen LogP) is 2.18. The van der Waals surface area contributed by atoms with E-state index < -0.39 is 23.6 Å². The molecule has 0 saturated heterocycles. The lowest BCUT2D eigenvalue weighted by Gasteiger charge is -2.14. The fraction of sp³-hybridized carbons (Fsp3) is 0.417. The van der Waals surface area contributed by atoms with E-state index in [-0.39, 0.29) is 12.1 Å². The van der Waals surface area contributed by atoms with Crippen LogP contribution in [-0.2, 0) is 9.53 Å². The van der Waals surface area contributed by atoms with Gasteiger partial charge in [-0.1, -0.05) is 0 Å². The van der Waals surface area contributed by atoms with Crippen molar-refractivity contribution in [3.8, 4) is 0 Å². The number of ether oxygens (including phenoxy) is 1. The van der Waals surface area contributed by atoms with Crippen molar-refractivity contribution >= 4 is 5.97 Å². The first kappa shape index (κ1) is 13.6. The third-order valence-electron chi connectivity index (χ3n) is 2.28. The third-order valence-corrected chi connectivity index (χ3v) is 2.28. The second-order valence-corrected chi connectivity index (χ2v) is 3.57. The van der Waals surface area contributed by atoms with E-state index in [0.717, 1.165) is 18.2 Å². The van der Waals surface area contributed by atoms with Crippen molar-refractivity contribution in [3.05, 3.63) is 35.4 Å². The highest BCUT2D eigenvalue weighted by Crippen LogP contribution is 2.17. The van der Waals surface area contributed by atoms with Crippen LogP contribution in [0.1, 0.15) is 25.5 Å². The van der Waals surface area contributed by atoms with Crippen molar-refractivity contribution in [3.63, 3.8) is 0 Å². The van der Waals surface area contributed by atoms with Gasteiger partial charge in [0, 0.05) is 11.6 Å². The van der Waals surface area contributed by atoms with Gasteiger partial charge in [-0.15, -0.1) is 0 Å². The first-order valence-electron chi connectivity index (χ1n) is 5.38. The van der Waals surface area contributed by atoms with E-state index in [1.54, 1.807) is 13.8 Å². The molecule has 17 heavy (non-hydrogen) atoms. The van der Waals surface area contributed by atoms with E-state index in [2.05, 4.69) is 5.32 Å². The van der Waals surface area contributed by atoms with E-state index in [0.29, 0.717) is 6.61 Å². The molecule has 1 atom stereocenters. The molecule has 1 unspecified atom stereocenters. The summed E-state index contributed by atoms with van der Waals surface area (Å²) in [5.41, 5.74) is 0.189. The second-order valence-electron chi connectivity index (χ2n) is 3.57. The summed E-state index contributed by atoms with van der Waals surface area (Å²) in [5, 5.41) is 2.77. The predicted molar refractivity (Wildman–Crippen MR) is 59.4 cm³/mol. The lowest BCUT2D eigenvalue weighted by Crippen LogP contribution is -2.27. The molecule has 94 valence electrons. The van der Waals surface area contributed by atoms with Gasteiger partial charge >= 0.3 is 5.97 Å². The minimum absolute atomic E-state index is 0.0367. The van der Waals surface area contributed by atoms with E-state index in [1.807, 2.05) is 0 Å². The number of carbonyl (C=O) groups is 1. The number of nitrogens with one attached hydrogen (secondary N) is 1. The molecular weight excluding hydrogens is 228 g/mol. The largest absolute Gasteiger partial charge is 0.465 e. The molecule has 0 aliphatic rings. The molecule has 0 bridgehead atoms. The summed E-state index contributed by atoms with van der Waals surface area (Å²) in [6.07, 6.45) is 0. The molecule has 0 saturated carbocycles. The van der Waals surface area contributed by atoms with Gasteiger partial charge in [-0.3, -0.25) is 4.79 Å². The first-order chi connectivity index (χ1) is 8.04. The maximum absolute atomic E-state index is 13.4. The fourth-order valence-electron chi connectivity index (χ4n) is 1.40. The number of esters is 1. The van der Waals surface area contributed by atoms with Crippen LogP contribution in [0.25, 0.3) is 0 Å². The Kier molecular flexibility index (Phi) is 5.03. The molecular formula is C12H15F2NO2. The summed E-state index contributed by atoms with van der Waals surface area (Å²) in [5.74, 6) is -1.43. The highest BCUT2D eigenvalue weighted by molar-refractivity contribution is 5.71. The van der Waals surface area contributed by atoms with Crippen molar-refractivity contribution in [1.29, 1.82) is 0 Å². The fourth-order valence-corrected chi connectivity index (χ4v) is 1.40. The van der Waals surface area contributed by atoms with Crippen molar-refractivity contribution in [2.75, 3.05) is 13.2 Å². The zero-order valence-corrected chi connectivity index (χ0v) is 9.80. The lowest BCUT2D eigenvalue weighted by atomic mass is 10.1. The maximum atomic E-state index is 13.4. The Bertz CT molecular complexity index is 396. The van der Waals surface area contributed by atoms with Crippen molar-refractivity contribution in [2.24, 2.45) is 0 Å². The topological polar surface area (TPSA) is 38.3 Å². The van der Waals surface area contributed by atoms with Crippen molar-refractivity contribution in [1.82, 2.24) is 5.32 Å². The van der Waals surface area contributed by atoms with Crippen LogP contribution in [-0.4, -0.2) is 19.1 Å². The zero-order valence-electron chi connectivity index (χ0n) is 9.80. The molecule has 0 aliphatic carbocycles. The molecule has 0 spiro atoms. The third kappa shape index (κ3) is 4.11. The van der Waals surface area contributed by atoms with Crippen LogP contribution in [0, 0.1) is 11.6 Å². The Morgan fingerprint density at radius 1 is 1.47 bits per heavy atom. The van der Waals surface area contributed by atoms with Gasteiger partial charge < -0.3 is 10.1 Å². The Morgan fingerprint density at radius 2 is 2.18 bits per heavy atom. The van der Waals surface area contributed by atoms with Crippen LogP contribution in [0.2, 0.25) is 0 Å². The quantitative estimate of drug-likeness (QED) is 0.805. The van der Waals surface area contributed by atoms with Crippen LogP contribution in [0.5, 0.6) is 0 Å². The number of rotatable bonds is 5. The molecule has 1 aromatic carbocycles. The Hall–Kier alpha value is -1.49. The number of halogens is 2.